The summed E-state index contributed by atoms with van der Waals surface area (Å²) in [5, 5.41) is 9.01. The highest BCUT2D eigenvalue weighted by Crippen LogP contribution is 2.17. The summed E-state index contributed by atoms with van der Waals surface area (Å²) in [5.41, 5.74) is 1.93. The molecule has 0 bridgehead atoms. The van der Waals surface area contributed by atoms with E-state index in [9.17, 15) is 4.79 Å². The summed E-state index contributed by atoms with van der Waals surface area (Å²) in [5.74, 6) is 0. The van der Waals surface area contributed by atoms with Gasteiger partial charge in [-0.25, -0.2) is 0 Å². The van der Waals surface area contributed by atoms with Crippen molar-refractivity contribution in [1.29, 1.82) is 0 Å². The normalized spacial score (nSPS) is 10.0. The zero-order chi connectivity index (χ0) is 9.68. The Morgan fingerprint density at radius 3 is 2.77 bits per heavy atom. The SMILES string of the molecule is O=CCCc1cc(Br)ccc1CO. The first-order chi connectivity index (χ1) is 6.27. The summed E-state index contributed by atoms with van der Waals surface area (Å²) in [6.45, 7) is 0.0292. The molecule has 1 aromatic rings. The van der Waals surface area contributed by atoms with E-state index in [1.165, 1.54) is 0 Å². The maximum Gasteiger partial charge on any atom is 0.120 e. The molecule has 0 amide bonds. The third kappa shape index (κ3) is 2.94. The molecule has 0 heterocycles. The Morgan fingerprint density at radius 1 is 1.38 bits per heavy atom. The van der Waals surface area contributed by atoms with Crippen LogP contribution in [0.25, 0.3) is 0 Å². The number of hydrogen-bond donors (Lipinski definition) is 1. The van der Waals surface area contributed by atoms with E-state index in [0.29, 0.717) is 12.8 Å². The summed E-state index contributed by atoms with van der Waals surface area (Å²) in [6, 6.07) is 5.69. The van der Waals surface area contributed by atoms with Crippen LogP contribution in [-0.2, 0) is 17.8 Å². The molecule has 0 aromatic heterocycles. The van der Waals surface area contributed by atoms with E-state index in [1.807, 2.05) is 18.2 Å². The lowest BCUT2D eigenvalue weighted by molar-refractivity contribution is -0.107. The fourth-order valence-electron chi connectivity index (χ4n) is 1.20. The van der Waals surface area contributed by atoms with Crippen molar-refractivity contribution >= 4 is 22.2 Å². The fourth-order valence-corrected chi connectivity index (χ4v) is 1.60. The number of carbonyl (C=O) groups excluding carboxylic acids is 1. The molecule has 1 N–H and O–H groups in total. The van der Waals surface area contributed by atoms with Crippen LogP contribution >= 0.6 is 15.9 Å². The van der Waals surface area contributed by atoms with Gasteiger partial charge in [-0.2, -0.15) is 0 Å². The molecule has 0 aliphatic carbocycles. The summed E-state index contributed by atoms with van der Waals surface area (Å²) in [7, 11) is 0. The van der Waals surface area contributed by atoms with E-state index < -0.39 is 0 Å². The lowest BCUT2D eigenvalue weighted by Gasteiger charge is -2.05. The van der Waals surface area contributed by atoms with Crippen LogP contribution in [-0.4, -0.2) is 11.4 Å². The van der Waals surface area contributed by atoms with E-state index in [2.05, 4.69) is 15.9 Å². The van der Waals surface area contributed by atoms with Crippen LogP contribution < -0.4 is 0 Å². The van der Waals surface area contributed by atoms with Crippen LogP contribution in [0.2, 0.25) is 0 Å². The molecule has 0 saturated heterocycles. The molecule has 0 saturated carbocycles. The summed E-state index contributed by atoms with van der Waals surface area (Å²) in [4.78, 5) is 10.2. The molecule has 0 spiro atoms. The van der Waals surface area contributed by atoms with Gasteiger partial charge >= 0.3 is 0 Å². The van der Waals surface area contributed by atoms with Crippen LogP contribution in [0.4, 0.5) is 0 Å². The molecule has 2 nitrogen and oxygen atoms in total. The largest absolute Gasteiger partial charge is 0.392 e. The first kappa shape index (κ1) is 10.4. The van der Waals surface area contributed by atoms with Crippen molar-refractivity contribution in [2.75, 3.05) is 0 Å². The van der Waals surface area contributed by atoms with Gasteiger partial charge in [-0.1, -0.05) is 22.0 Å². The molecule has 0 aliphatic rings. The van der Waals surface area contributed by atoms with Crippen LogP contribution in [0, 0.1) is 0 Å². The van der Waals surface area contributed by atoms with Gasteiger partial charge in [0.15, 0.2) is 0 Å². The average molecular weight is 243 g/mol. The minimum Gasteiger partial charge on any atom is -0.392 e. The Kier molecular flexibility index (Phi) is 4.12. The van der Waals surface area contributed by atoms with Gasteiger partial charge in [0, 0.05) is 10.9 Å². The van der Waals surface area contributed by atoms with Crippen molar-refractivity contribution in [2.45, 2.75) is 19.4 Å². The number of aliphatic hydroxyl groups is 1. The van der Waals surface area contributed by atoms with E-state index in [0.717, 1.165) is 21.9 Å². The highest BCUT2D eigenvalue weighted by molar-refractivity contribution is 9.10. The van der Waals surface area contributed by atoms with Gasteiger partial charge in [-0.3, -0.25) is 0 Å². The molecule has 1 aromatic carbocycles. The maximum absolute atomic E-state index is 10.2. The smallest absolute Gasteiger partial charge is 0.120 e. The number of aryl methyl sites for hydroxylation is 1. The number of rotatable bonds is 4. The van der Waals surface area contributed by atoms with E-state index in [4.69, 9.17) is 5.11 Å². The number of halogens is 1. The second-order valence-corrected chi connectivity index (χ2v) is 3.69. The minimum absolute atomic E-state index is 0.0292. The molecule has 3 heteroatoms. The van der Waals surface area contributed by atoms with Crippen molar-refractivity contribution in [3.05, 3.63) is 33.8 Å². The molecule has 0 radical (unpaired) electrons. The predicted octanol–water partition coefficient (Wildman–Crippen LogP) is 2.07. The first-order valence-corrected chi connectivity index (χ1v) is 4.89. The second-order valence-electron chi connectivity index (χ2n) is 2.78. The Labute approximate surface area is 85.7 Å². The Balaban J connectivity index is 2.87. The van der Waals surface area contributed by atoms with Crippen molar-refractivity contribution in [3.63, 3.8) is 0 Å². The Morgan fingerprint density at radius 2 is 2.15 bits per heavy atom. The fraction of sp³-hybridized carbons (Fsp3) is 0.300. The van der Waals surface area contributed by atoms with E-state index in [1.54, 1.807) is 0 Å². The number of hydrogen-bond acceptors (Lipinski definition) is 2. The van der Waals surface area contributed by atoms with E-state index >= 15 is 0 Å². The molecule has 0 atom stereocenters. The third-order valence-electron chi connectivity index (χ3n) is 1.87. The van der Waals surface area contributed by atoms with E-state index in [-0.39, 0.29) is 6.61 Å². The van der Waals surface area contributed by atoms with Crippen molar-refractivity contribution in [3.8, 4) is 0 Å². The zero-order valence-corrected chi connectivity index (χ0v) is 8.75. The summed E-state index contributed by atoms with van der Waals surface area (Å²) < 4.78 is 0.977. The van der Waals surface area contributed by atoms with Crippen molar-refractivity contribution in [1.82, 2.24) is 0 Å². The molecule has 70 valence electrons. The molecule has 0 fully saturated rings. The minimum atomic E-state index is 0.0292. The van der Waals surface area contributed by atoms with Crippen LogP contribution in [0.5, 0.6) is 0 Å². The highest BCUT2D eigenvalue weighted by Gasteiger charge is 2.01. The van der Waals surface area contributed by atoms with Gasteiger partial charge in [0.1, 0.15) is 6.29 Å². The van der Waals surface area contributed by atoms with Crippen molar-refractivity contribution < 1.29 is 9.90 Å². The maximum atomic E-state index is 10.2. The zero-order valence-electron chi connectivity index (χ0n) is 7.16. The third-order valence-corrected chi connectivity index (χ3v) is 2.36. The van der Waals surface area contributed by atoms with Gasteiger partial charge in [-0.05, 0) is 29.7 Å². The first-order valence-electron chi connectivity index (χ1n) is 4.09. The second kappa shape index (κ2) is 5.14. The number of aldehydes is 1. The predicted molar refractivity (Wildman–Crippen MR) is 54.4 cm³/mol. The van der Waals surface area contributed by atoms with Gasteiger partial charge in [0.05, 0.1) is 6.61 Å². The highest BCUT2D eigenvalue weighted by atomic mass is 79.9. The Hall–Kier alpha value is -0.670. The van der Waals surface area contributed by atoms with Crippen LogP contribution in [0.3, 0.4) is 0 Å². The average Bonchev–Trinajstić information content (AvgIpc) is 2.15. The summed E-state index contributed by atoms with van der Waals surface area (Å²) in [6.07, 6.45) is 2.09. The number of aliphatic hydroxyl groups excluding tert-OH is 1. The molecule has 0 aliphatic heterocycles. The molecule has 0 unspecified atom stereocenters. The number of benzene rings is 1. The van der Waals surface area contributed by atoms with Gasteiger partial charge in [-0.15, -0.1) is 0 Å². The lowest BCUT2D eigenvalue weighted by atomic mass is 10.0. The quantitative estimate of drug-likeness (QED) is 0.822. The Bertz CT molecular complexity index is 297. The molecular weight excluding hydrogens is 232 g/mol. The lowest BCUT2D eigenvalue weighted by Crippen LogP contribution is -1.94. The monoisotopic (exact) mass is 242 g/mol. The van der Waals surface area contributed by atoms with Gasteiger partial charge < -0.3 is 9.90 Å². The standard InChI is InChI=1S/C10H11BrO2/c11-10-4-3-9(7-13)8(6-10)2-1-5-12/h3-6,13H,1-2,7H2. The number of carbonyl (C=O) groups is 1. The summed E-state index contributed by atoms with van der Waals surface area (Å²) >= 11 is 3.35. The topological polar surface area (TPSA) is 37.3 Å². The van der Waals surface area contributed by atoms with Gasteiger partial charge in [0.25, 0.3) is 0 Å². The van der Waals surface area contributed by atoms with Crippen LogP contribution in [0.1, 0.15) is 17.5 Å². The molecule has 1 rings (SSSR count). The van der Waals surface area contributed by atoms with Gasteiger partial charge in [0.2, 0.25) is 0 Å². The molecule has 13 heavy (non-hydrogen) atoms. The van der Waals surface area contributed by atoms with Crippen LogP contribution in [0.15, 0.2) is 22.7 Å². The van der Waals surface area contributed by atoms with Crippen molar-refractivity contribution in [2.24, 2.45) is 0 Å². The molecular formula is C10H11BrO2.